The van der Waals surface area contributed by atoms with E-state index in [1.807, 2.05) is 6.92 Å². The Morgan fingerprint density at radius 1 is 1.14 bits per heavy atom. The van der Waals surface area contributed by atoms with E-state index in [4.69, 9.17) is 23.2 Å². The number of fused-ring (bicyclic) bond motifs is 2. The number of hydrogen-bond acceptors (Lipinski definition) is 1. The van der Waals surface area contributed by atoms with Crippen molar-refractivity contribution in [1.82, 2.24) is 5.32 Å². The summed E-state index contributed by atoms with van der Waals surface area (Å²) in [5.41, 5.74) is 0.786. The summed E-state index contributed by atoms with van der Waals surface area (Å²) in [5, 5.41) is 4.23. The van der Waals surface area contributed by atoms with E-state index in [-0.39, 0.29) is 11.1 Å². The van der Waals surface area contributed by atoms with Crippen LogP contribution in [-0.4, -0.2) is 6.04 Å². The molecule has 0 aromatic heterocycles. The summed E-state index contributed by atoms with van der Waals surface area (Å²) in [5.74, 6) is 2.16. The summed E-state index contributed by atoms with van der Waals surface area (Å²) in [6.07, 6.45) is 5.54. The highest BCUT2D eigenvalue weighted by molar-refractivity contribution is 6.35. The lowest BCUT2D eigenvalue weighted by atomic mass is 9.83. The fourth-order valence-corrected chi connectivity index (χ4v) is 4.93. The maximum absolute atomic E-state index is 13.7. The maximum Gasteiger partial charge on any atom is 0.142 e. The van der Waals surface area contributed by atoms with Crippen LogP contribution in [0.25, 0.3) is 0 Å². The van der Waals surface area contributed by atoms with Crippen molar-refractivity contribution in [3.8, 4) is 0 Å². The van der Waals surface area contributed by atoms with E-state index >= 15 is 0 Å². The van der Waals surface area contributed by atoms with Crippen LogP contribution in [0.3, 0.4) is 0 Å². The molecule has 0 spiro atoms. The van der Waals surface area contributed by atoms with Gasteiger partial charge in [-0.15, -0.1) is 0 Å². The van der Waals surface area contributed by atoms with Gasteiger partial charge >= 0.3 is 0 Å². The summed E-state index contributed by atoms with van der Waals surface area (Å²) in [7, 11) is 0. The summed E-state index contributed by atoms with van der Waals surface area (Å²) in [4.78, 5) is 0. The molecule has 21 heavy (non-hydrogen) atoms. The van der Waals surface area contributed by atoms with Crippen LogP contribution in [0.15, 0.2) is 12.1 Å². The quantitative estimate of drug-likeness (QED) is 0.708. The summed E-state index contributed by atoms with van der Waals surface area (Å²) >= 11 is 12.0. The highest BCUT2D eigenvalue weighted by Gasteiger charge is 2.41. The first-order valence-electron chi connectivity index (χ1n) is 7.86. The van der Waals surface area contributed by atoms with Crippen LogP contribution < -0.4 is 5.32 Å². The average molecular weight is 330 g/mol. The minimum Gasteiger partial charge on any atom is -0.307 e. The topological polar surface area (TPSA) is 12.0 Å². The molecule has 4 heteroatoms. The predicted octanol–water partition coefficient (Wildman–Crippen LogP) is 5.61. The SMILES string of the molecule is CC(NC(C)C1CC2CCC1C2)c1cc(F)c(Cl)cc1Cl. The van der Waals surface area contributed by atoms with Gasteiger partial charge in [0, 0.05) is 17.1 Å². The Bertz CT molecular complexity index is 534. The highest BCUT2D eigenvalue weighted by Crippen LogP contribution is 2.49. The molecule has 2 bridgehead atoms. The van der Waals surface area contributed by atoms with Crippen molar-refractivity contribution in [2.24, 2.45) is 17.8 Å². The van der Waals surface area contributed by atoms with E-state index in [1.54, 1.807) is 0 Å². The van der Waals surface area contributed by atoms with Crippen LogP contribution in [-0.2, 0) is 0 Å². The number of rotatable bonds is 4. The van der Waals surface area contributed by atoms with Gasteiger partial charge in [0.15, 0.2) is 0 Å². The molecule has 1 aromatic carbocycles. The molecule has 2 aliphatic carbocycles. The van der Waals surface area contributed by atoms with Crippen molar-refractivity contribution < 1.29 is 4.39 Å². The van der Waals surface area contributed by atoms with Gasteiger partial charge in [-0.05, 0) is 68.6 Å². The molecule has 1 aromatic rings. The first kappa shape index (κ1) is 15.6. The van der Waals surface area contributed by atoms with Gasteiger partial charge < -0.3 is 5.32 Å². The van der Waals surface area contributed by atoms with Crippen LogP contribution in [0, 0.1) is 23.6 Å². The lowest BCUT2D eigenvalue weighted by Gasteiger charge is -2.31. The van der Waals surface area contributed by atoms with E-state index < -0.39 is 5.82 Å². The molecule has 116 valence electrons. The second-order valence-electron chi connectivity index (χ2n) is 6.80. The lowest BCUT2D eigenvalue weighted by Crippen LogP contribution is -2.37. The molecule has 1 N–H and O–H groups in total. The maximum atomic E-state index is 13.7. The van der Waals surface area contributed by atoms with Crippen molar-refractivity contribution in [2.45, 2.75) is 51.6 Å². The second-order valence-corrected chi connectivity index (χ2v) is 7.62. The van der Waals surface area contributed by atoms with Gasteiger partial charge in [-0.25, -0.2) is 4.39 Å². The van der Waals surface area contributed by atoms with Crippen LogP contribution in [0.4, 0.5) is 4.39 Å². The van der Waals surface area contributed by atoms with Gasteiger partial charge in [0.2, 0.25) is 0 Å². The zero-order chi connectivity index (χ0) is 15.1. The Hall–Kier alpha value is -0.310. The largest absolute Gasteiger partial charge is 0.307 e. The predicted molar refractivity (Wildman–Crippen MR) is 86.4 cm³/mol. The van der Waals surface area contributed by atoms with Crippen molar-refractivity contribution in [1.29, 1.82) is 0 Å². The lowest BCUT2D eigenvalue weighted by molar-refractivity contribution is 0.248. The van der Waals surface area contributed by atoms with Gasteiger partial charge in [-0.3, -0.25) is 0 Å². The van der Waals surface area contributed by atoms with Crippen molar-refractivity contribution >= 4 is 23.2 Å². The zero-order valence-electron chi connectivity index (χ0n) is 12.5. The Morgan fingerprint density at radius 2 is 1.90 bits per heavy atom. The average Bonchev–Trinajstić information content (AvgIpc) is 3.05. The summed E-state index contributed by atoms with van der Waals surface area (Å²) in [6.45, 7) is 4.29. The van der Waals surface area contributed by atoms with E-state index in [0.29, 0.717) is 11.1 Å². The summed E-state index contributed by atoms with van der Waals surface area (Å²) < 4.78 is 13.7. The fourth-order valence-electron chi connectivity index (χ4n) is 4.38. The molecule has 5 unspecified atom stereocenters. The second kappa shape index (κ2) is 6.06. The molecular weight excluding hydrogens is 308 g/mol. The standard InChI is InChI=1S/C17H22Cl2FN/c1-9(13-6-11-3-4-12(13)5-11)21-10(2)14-7-17(20)16(19)8-15(14)18/h7-13,21H,3-6H2,1-2H3. The minimum atomic E-state index is -0.405. The number of benzene rings is 1. The van der Waals surface area contributed by atoms with Crippen LogP contribution >= 0.6 is 23.2 Å². The molecular formula is C17H22Cl2FN. The van der Waals surface area contributed by atoms with E-state index in [2.05, 4.69) is 12.2 Å². The molecule has 0 saturated heterocycles. The van der Waals surface area contributed by atoms with Gasteiger partial charge in [-0.1, -0.05) is 29.6 Å². The summed E-state index contributed by atoms with van der Waals surface area (Å²) in [6, 6.07) is 3.41. The van der Waals surface area contributed by atoms with Gasteiger partial charge in [0.05, 0.1) is 5.02 Å². The number of hydrogen-bond donors (Lipinski definition) is 1. The fraction of sp³-hybridized carbons (Fsp3) is 0.647. The molecule has 0 aliphatic heterocycles. The van der Waals surface area contributed by atoms with Crippen LogP contribution in [0.5, 0.6) is 0 Å². The van der Waals surface area contributed by atoms with E-state index in [9.17, 15) is 4.39 Å². The van der Waals surface area contributed by atoms with Crippen LogP contribution in [0.2, 0.25) is 10.0 Å². The molecule has 0 amide bonds. The van der Waals surface area contributed by atoms with Crippen molar-refractivity contribution in [3.05, 3.63) is 33.6 Å². The number of nitrogens with one attached hydrogen (secondary N) is 1. The monoisotopic (exact) mass is 329 g/mol. The molecule has 2 saturated carbocycles. The third-order valence-electron chi connectivity index (χ3n) is 5.45. The smallest absolute Gasteiger partial charge is 0.142 e. The first-order chi connectivity index (χ1) is 9.95. The molecule has 0 heterocycles. The minimum absolute atomic E-state index is 0.0263. The zero-order valence-corrected chi connectivity index (χ0v) is 14.0. The van der Waals surface area contributed by atoms with Gasteiger partial charge in [-0.2, -0.15) is 0 Å². The third-order valence-corrected chi connectivity index (χ3v) is 6.07. The Kier molecular flexibility index (Phi) is 4.50. The highest BCUT2D eigenvalue weighted by atomic mass is 35.5. The van der Waals surface area contributed by atoms with E-state index in [1.165, 1.54) is 37.8 Å². The van der Waals surface area contributed by atoms with Crippen molar-refractivity contribution in [3.63, 3.8) is 0 Å². The molecule has 2 aliphatic rings. The first-order valence-corrected chi connectivity index (χ1v) is 8.61. The molecule has 1 nitrogen and oxygen atoms in total. The molecule has 2 fully saturated rings. The molecule has 5 atom stereocenters. The van der Waals surface area contributed by atoms with Crippen LogP contribution in [0.1, 0.15) is 51.1 Å². The molecule has 3 rings (SSSR count). The number of halogens is 3. The van der Waals surface area contributed by atoms with Gasteiger partial charge in [0.1, 0.15) is 5.82 Å². The normalized spacial score (nSPS) is 30.6. The Balaban J connectivity index is 1.68. The Labute approximate surface area is 136 Å². The molecule has 0 radical (unpaired) electrons. The Morgan fingerprint density at radius 3 is 2.52 bits per heavy atom. The van der Waals surface area contributed by atoms with E-state index in [0.717, 1.165) is 23.3 Å². The third kappa shape index (κ3) is 3.09. The van der Waals surface area contributed by atoms with Crippen molar-refractivity contribution in [2.75, 3.05) is 0 Å². The van der Waals surface area contributed by atoms with Gasteiger partial charge in [0.25, 0.3) is 0 Å².